The standard InChI is InChI=1S/C29H36N4O4/c1-20-26(19-33(31-20)24-10-7-11-25(18-24)37-3)28(21-8-5-4-6-9-21)30-23-14-12-22(13-15-23)29(36)32(2)17-16-27(34)35/h7,10-15,18-19,21,28,30H,4-6,8-9,16-17H2,1-3H3,(H,34,35). The van der Waals surface area contributed by atoms with Crippen LogP contribution in [0.4, 0.5) is 5.69 Å². The molecule has 8 heteroatoms. The van der Waals surface area contributed by atoms with Gasteiger partial charge in [0.15, 0.2) is 0 Å². The highest BCUT2D eigenvalue weighted by Crippen LogP contribution is 2.38. The lowest BCUT2D eigenvalue weighted by Crippen LogP contribution is -2.29. The van der Waals surface area contributed by atoms with Crippen molar-refractivity contribution in [1.82, 2.24) is 14.7 Å². The van der Waals surface area contributed by atoms with Crippen molar-refractivity contribution in [3.8, 4) is 11.4 Å². The summed E-state index contributed by atoms with van der Waals surface area (Å²) in [5.41, 5.74) is 4.58. The Morgan fingerprint density at radius 1 is 1.16 bits per heavy atom. The van der Waals surface area contributed by atoms with Crippen LogP contribution in [0, 0.1) is 12.8 Å². The van der Waals surface area contributed by atoms with Crippen molar-refractivity contribution in [2.45, 2.75) is 51.5 Å². The maximum atomic E-state index is 12.7. The Bertz CT molecular complexity index is 1210. The summed E-state index contributed by atoms with van der Waals surface area (Å²) >= 11 is 0. The molecule has 1 aliphatic rings. The maximum absolute atomic E-state index is 12.7. The Labute approximate surface area is 218 Å². The van der Waals surface area contributed by atoms with E-state index in [1.165, 1.54) is 29.7 Å². The minimum atomic E-state index is -0.919. The highest BCUT2D eigenvalue weighted by atomic mass is 16.5. The molecule has 4 rings (SSSR count). The molecule has 0 saturated heterocycles. The van der Waals surface area contributed by atoms with Gasteiger partial charge < -0.3 is 20.1 Å². The molecule has 0 bridgehead atoms. The number of aromatic nitrogens is 2. The fourth-order valence-corrected chi connectivity index (χ4v) is 5.05. The number of methoxy groups -OCH3 is 1. The maximum Gasteiger partial charge on any atom is 0.305 e. The van der Waals surface area contributed by atoms with Crippen molar-refractivity contribution >= 4 is 17.6 Å². The van der Waals surface area contributed by atoms with E-state index in [0.717, 1.165) is 35.7 Å². The largest absolute Gasteiger partial charge is 0.497 e. The zero-order valence-electron chi connectivity index (χ0n) is 21.8. The van der Waals surface area contributed by atoms with Crippen LogP contribution in [0.1, 0.15) is 66.2 Å². The summed E-state index contributed by atoms with van der Waals surface area (Å²) in [5.74, 6) is 0.168. The summed E-state index contributed by atoms with van der Waals surface area (Å²) in [6.07, 6.45) is 8.08. The van der Waals surface area contributed by atoms with Gasteiger partial charge in [-0.15, -0.1) is 0 Å². The van der Waals surface area contributed by atoms with E-state index in [2.05, 4.69) is 18.4 Å². The van der Waals surface area contributed by atoms with E-state index >= 15 is 0 Å². The summed E-state index contributed by atoms with van der Waals surface area (Å²) in [5, 5.41) is 17.5. The second-order valence-electron chi connectivity index (χ2n) is 9.78. The van der Waals surface area contributed by atoms with E-state index in [-0.39, 0.29) is 24.9 Å². The van der Waals surface area contributed by atoms with Crippen molar-refractivity contribution in [3.05, 3.63) is 71.5 Å². The highest BCUT2D eigenvalue weighted by molar-refractivity contribution is 5.94. The van der Waals surface area contributed by atoms with Crippen molar-refractivity contribution in [2.75, 3.05) is 26.0 Å². The lowest BCUT2D eigenvalue weighted by Gasteiger charge is -2.31. The van der Waals surface area contributed by atoms with Crippen LogP contribution in [0.3, 0.4) is 0 Å². The summed E-state index contributed by atoms with van der Waals surface area (Å²) in [7, 11) is 3.29. The number of hydrogen-bond acceptors (Lipinski definition) is 5. The molecule has 1 amide bonds. The number of benzene rings is 2. The highest BCUT2D eigenvalue weighted by Gasteiger charge is 2.28. The van der Waals surface area contributed by atoms with Gasteiger partial charge in [0.1, 0.15) is 5.75 Å². The molecule has 1 atom stereocenters. The predicted octanol–water partition coefficient (Wildman–Crippen LogP) is 5.47. The fourth-order valence-electron chi connectivity index (χ4n) is 5.05. The molecule has 2 aromatic carbocycles. The van der Waals surface area contributed by atoms with E-state index in [0.29, 0.717) is 11.5 Å². The smallest absolute Gasteiger partial charge is 0.305 e. The van der Waals surface area contributed by atoms with Crippen LogP contribution < -0.4 is 10.1 Å². The Balaban J connectivity index is 1.56. The molecular formula is C29H36N4O4. The number of carbonyl (C=O) groups excluding carboxylic acids is 1. The van der Waals surface area contributed by atoms with E-state index in [4.69, 9.17) is 14.9 Å². The molecule has 8 nitrogen and oxygen atoms in total. The molecule has 1 unspecified atom stereocenters. The van der Waals surface area contributed by atoms with E-state index in [9.17, 15) is 9.59 Å². The first-order valence-electron chi connectivity index (χ1n) is 12.9. The number of hydrogen-bond donors (Lipinski definition) is 2. The van der Waals surface area contributed by atoms with Crippen LogP contribution in [0.15, 0.2) is 54.7 Å². The number of rotatable bonds is 10. The second-order valence-corrected chi connectivity index (χ2v) is 9.78. The summed E-state index contributed by atoms with van der Waals surface area (Å²) in [6.45, 7) is 2.23. The number of anilines is 1. The van der Waals surface area contributed by atoms with Crippen molar-refractivity contribution in [2.24, 2.45) is 5.92 Å². The van der Waals surface area contributed by atoms with Gasteiger partial charge >= 0.3 is 5.97 Å². The molecule has 1 saturated carbocycles. The molecule has 37 heavy (non-hydrogen) atoms. The number of nitrogens with zero attached hydrogens (tertiary/aromatic N) is 3. The first-order valence-corrected chi connectivity index (χ1v) is 12.9. The summed E-state index contributed by atoms with van der Waals surface area (Å²) in [6, 6.07) is 15.4. The van der Waals surface area contributed by atoms with Crippen LogP contribution >= 0.6 is 0 Å². The first kappa shape index (κ1) is 26.3. The topological polar surface area (TPSA) is 96.7 Å². The van der Waals surface area contributed by atoms with Gasteiger partial charge in [-0.1, -0.05) is 25.3 Å². The van der Waals surface area contributed by atoms with Gasteiger partial charge in [-0.3, -0.25) is 9.59 Å². The molecule has 1 aromatic heterocycles. The summed E-state index contributed by atoms with van der Waals surface area (Å²) < 4.78 is 7.31. The normalized spacial score (nSPS) is 14.7. The lowest BCUT2D eigenvalue weighted by molar-refractivity contribution is -0.137. The van der Waals surface area contributed by atoms with Gasteiger partial charge in [0, 0.05) is 42.7 Å². The third-order valence-corrected chi connectivity index (χ3v) is 7.17. The van der Waals surface area contributed by atoms with Crippen LogP contribution in [0.5, 0.6) is 5.75 Å². The average Bonchev–Trinajstić information content (AvgIpc) is 3.32. The second kappa shape index (κ2) is 12.0. The van der Waals surface area contributed by atoms with Gasteiger partial charge in [-0.25, -0.2) is 4.68 Å². The molecule has 0 radical (unpaired) electrons. The number of amides is 1. The number of carboxylic acids is 1. The van der Waals surface area contributed by atoms with Crippen LogP contribution in [-0.2, 0) is 4.79 Å². The number of nitrogens with one attached hydrogen (secondary N) is 1. The summed E-state index contributed by atoms with van der Waals surface area (Å²) in [4.78, 5) is 25.0. The number of carbonyl (C=O) groups is 2. The van der Waals surface area contributed by atoms with E-state index in [1.54, 1.807) is 26.3 Å². The van der Waals surface area contributed by atoms with Crippen molar-refractivity contribution in [3.63, 3.8) is 0 Å². The van der Waals surface area contributed by atoms with Crippen LogP contribution in [0.2, 0.25) is 0 Å². The molecule has 1 heterocycles. The van der Waals surface area contributed by atoms with Crippen LogP contribution in [-0.4, -0.2) is 52.4 Å². The molecule has 0 aliphatic heterocycles. The minimum Gasteiger partial charge on any atom is -0.497 e. The Hall–Kier alpha value is -3.81. The third-order valence-electron chi connectivity index (χ3n) is 7.17. The predicted molar refractivity (Wildman–Crippen MR) is 143 cm³/mol. The zero-order chi connectivity index (χ0) is 26.4. The molecule has 3 aromatic rings. The number of aryl methyl sites for hydroxylation is 1. The van der Waals surface area contributed by atoms with Crippen molar-refractivity contribution < 1.29 is 19.4 Å². The molecular weight excluding hydrogens is 468 g/mol. The van der Waals surface area contributed by atoms with Gasteiger partial charge in [-0.2, -0.15) is 5.10 Å². The molecule has 2 N–H and O–H groups in total. The Morgan fingerprint density at radius 3 is 2.57 bits per heavy atom. The molecule has 196 valence electrons. The lowest BCUT2D eigenvalue weighted by atomic mass is 9.81. The van der Waals surface area contributed by atoms with Gasteiger partial charge in [0.25, 0.3) is 5.91 Å². The SMILES string of the molecule is COc1cccc(-n2cc(C(Nc3ccc(C(=O)N(C)CCC(=O)O)cc3)C3CCCCC3)c(C)n2)c1. The fraction of sp³-hybridized carbons (Fsp3) is 0.414. The van der Waals surface area contributed by atoms with E-state index in [1.807, 2.05) is 41.1 Å². The van der Waals surface area contributed by atoms with Gasteiger partial charge in [0.05, 0.1) is 31.0 Å². The van der Waals surface area contributed by atoms with Gasteiger partial charge in [0.2, 0.25) is 0 Å². The number of ether oxygens (including phenoxy) is 1. The average molecular weight is 505 g/mol. The first-order chi connectivity index (χ1) is 17.9. The molecule has 1 fully saturated rings. The van der Waals surface area contributed by atoms with Crippen LogP contribution in [0.25, 0.3) is 5.69 Å². The number of aliphatic carboxylic acids is 1. The van der Waals surface area contributed by atoms with Gasteiger partial charge in [-0.05, 0) is 62.1 Å². The van der Waals surface area contributed by atoms with E-state index < -0.39 is 5.97 Å². The molecule has 1 aliphatic carbocycles. The monoisotopic (exact) mass is 504 g/mol. The minimum absolute atomic E-state index is 0.0757. The quantitative estimate of drug-likeness (QED) is 0.380. The third kappa shape index (κ3) is 6.50. The Morgan fingerprint density at radius 2 is 1.89 bits per heavy atom. The zero-order valence-corrected chi connectivity index (χ0v) is 21.8. The number of carboxylic acid groups (broad SMARTS) is 1. The molecule has 0 spiro atoms. The van der Waals surface area contributed by atoms with Crippen molar-refractivity contribution in [1.29, 1.82) is 0 Å². The Kier molecular flexibility index (Phi) is 8.48.